The largest absolute Gasteiger partial charge is 0.440 e. The molecule has 1 aliphatic rings. The van der Waals surface area contributed by atoms with Crippen molar-refractivity contribution in [1.82, 2.24) is 4.98 Å². The maximum Gasteiger partial charge on any atom is 0.311 e. The van der Waals surface area contributed by atoms with Gasteiger partial charge < -0.3 is 9.47 Å². The van der Waals surface area contributed by atoms with Crippen LogP contribution in [0.4, 0.5) is 13.2 Å². The number of nitriles is 1. The number of carbonyl (C=O) groups excluding carboxylic acids is 1. The van der Waals surface area contributed by atoms with Crippen molar-refractivity contribution < 1.29 is 27.4 Å². The maximum absolute atomic E-state index is 13.7. The van der Waals surface area contributed by atoms with Gasteiger partial charge in [0, 0.05) is 18.2 Å². The minimum atomic E-state index is -1.29. The SMILES string of the molecule is CC1(C)C[C@H]1C(=O)OC(C#N)c1cccc(Oc2c(F)cc(F)cc2F)n1. The van der Waals surface area contributed by atoms with Crippen LogP contribution in [0.5, 0.6) is 11.6 Å². The van der Waals surface area contributed by atoms with E-state index < -0.39 is 35.3 Å². The lowest BCUT2D eigenvalue weighted by Crippen LogP contribution is -2.15. The van der Waals surface area contributed by atoms with E-state index in [0.717, 1.165) is 0 Å². The summed E-state index contributed by atoms with van der Waals surface area (Å²) in [5.41, 5.74) is -0.114. The molecule has 0 bridgehead atoms. The second-order valence-corrected chi connectivity index (χ2v) is 6.89. The van der Waals surface area contributed by atoms with Gasteiger partial charge in [0.2, 0.25) is 17.7 Å². The van der Waals surface area contributed by atoms with Crippen LogP contribution in [0.15, 0.2) is 30.3 Å². The molecule has 1 saturated carbocycles. The van der Waals surface area contributed by atoms with Gasteiger partial charge in [-0.25, -0.2) is 18.2 Å². The molecule has 0 amide bonds. The zero-order valence-electron chi connectivity index (χ0n) is 14.5. The Bertz CT molecular complexity index is 917. The highest BCUT2D eigenvalue weighted by atomic mass is 19.1. The molecule has 140 valence electrons. The van der Waals surface area contributed by atoms with Crippen LogP contribution >= 0.6 is 0 Å². The van der Waals surface area contributed by atoms with Crippen LogP contribution in [0, 0.1) is 40.1 Å². The topological polar surface area (TPSA) is 72.2 Å². The summed E-state index contributed by atoms with van der Waals surface area (Å²) in [6, 6.07) is 6.91. The van der Waals surface area contributed by atoms with Crippen molar-refractivity contribution in [1.29, 1.82) is 5.26 Å². The van der Waals surface area contributed by atoms with Gasteiger partial charge >= 0.3 is 5.97 Å². The Kier molecular flexibility index (Phi) is 4.79. The molecule has 0 radical (unpaired) electrons. The van der Waals surface area contributed by atoms with Crippen molar-refractivity contribution in [3.05, 3.63) is 53.5 Å². The predicted octanol–water partition coefficient (Wildman–Crippen LogP) is 4.45. The number of pyridine rings is 1. The van der Waals surface area contributed by atoms with E-state index in [0.29, 0.717) is 18.6 Å². The van der Waals surface area contributed by atoms with Crippen LogP contribution in [-0.2, 0) is 9.53 Å². The van der Waals surface area contributed by atoms with Crippen molar-refractivity contribution in [2.24, 2.45) is 11.3 Å². The summed E-state index contributed by atoms with van der Waals surface area (Å²) in [6.45, 7) is 3.83. The van der Waals surface area contributed by atoms with Crippen molar-refractivity contribution in [3.8, 4) is 17.7 Å². The van der Waals surface area contributed by atoms with Gasteiger partial charge in [-0.2, -0.15) is 5.26 Å². The molecule has 1 aliphatic carbocycles. The normalized spacial score (nSPS) is 18.3. The number of aromatic nitrogens is 1. The summed E-state index contributed by atoms with van der Waals surface area (Å²) in [5, 5.41) is 9.29. The number of halogens is 3. The third kappa shape index (κ3) is 4.03. The Hall–Kier alpha value is -3.08. The fraction of sp³-hybridized carbons (Fsp3) is 0.316. The molecule has 1 fully saturated rings. The summed E-state index contributed by atoms with van der Waals surface area (Å²) >= 11 is 0. The molecule has 8 heteroatoms. The molecule has 0 N–H and O–H groups in total. The zero-order chi connectivity index (χ0) is 19.8. The molecule has 0 aliphatic heterocycles. The summed E-state index contributed by atoms with van der Waals surface area (Å²) in [6.07, 6.45) is -0.621. The Morgan fingerprint density at radius 2 is 1.93 bits per heavy atom. The Morgan fingerprint density at radius 3 is 2.48 bits per heavy atom. The molecule has 1 unspecified atom stereocenters. The molecule has 1 aromatic heterocycles. The number of nitrogens with zero attached hydrogens (tertiary/aromatic N) is 2. The standard InChI is InChI=1S/C19H15F3N2O3/c1-19(2)8-11(19)18(25)26-15(9-23)14-4-3-5-16(24-14)27-17-12(21)6-10(20)7-13(17)22/h3-7,11,15H,8H2,1-2H3/t11-,15?/m0/s1. The number of hydrogen-bond donors (Lipinski definition) is 0. The van der Waals surface area contributed by atoms with Gasteiger partial charge in [0.25, 0.3) is 0 Å². The van der Waals surface area contributed by atoms with E-state index in [1.165, 1.54) is 18.2 Å². The molecule has 0 saturated heterocycles. The van der Waals surface area contributed by atoms with Gasteiger partial charge in [-0.15, -0.1) is 0 Å². The first-order chi connectivity index (χ1) is 12.7. The van der Waals surface area contributed by atoms with E-state index in [1.54, 1.807) is 0 Å². The maximum atomic E-state index is 13.7. The highest BCUT2D eigenvalue weighted by Crippen LogP contribution is 2.52. The number of benzene rings is 1. The van der Waals surface area contributed by atoms with E-state index in [4.69, 9.17) is 9.47 Å². The van der Waals surface area contributed by atoms with Crippen LogP contribution in [0.2, 0.25) is 0 Å². The van der Waals surface area contributed by atoms with Crippen LogP contribution < -0.4 is 4.74 Å². The molecule has 2 aromatic rings. The average Bonchev–Trinajstić information content (AvgIpc) is 3.24. The molecule has 2 atom stereocenters. The van der Waals surface area contributed by atoms with E-state index in [1.807, 2.05) is 19.9 Å². The number of hydrogen-bond acceptors (Lipinski definition) is 5. The first kappa shape index (κ1) is 18.7. The van der Waals surface area contributed by atoms with Crippen molar-refractivity contribution in [3.63, 3.8) is 0 Å². The fourth-order valence-electron chi connectivity index (χ4n) is 2.59. The van der Waals surface area contributed by atoms with E-state index in [2.05, 4.69) is 4.98 Å². The van der Waals surface area contributed by atoms with Crippen LogP contribution in [-0.4, -0.2) is 11.0 Å². The Morgan fingerprint density at radius 1 is 1.30 bits per heavy atom. The highest BCUT2D eigenvalue weighted by molar-refractivity contribution is 5.77. The monoisotopic (exact) mass is 376 g/mol. The first-order valence-corrected chi connectivity index (χ1v) is 8.11. The smallest absolute Gasteiger partial charge is 0.311 e. The van der Waals surface area contributed by atoms with Gasteiger partial charge in [-0.3, -0.25) is 4.79 Å². The summed E-state index contributed by atoms with van der Waals surface area (Å²) in [5.74, 6) is -5.41. The summed E-state index contributed by atoms with van der Waals surface area (Å²) < 4.78 is 50.6. The van der Waals surface area contributed by atoms with Gasteiger partial charge in [0.1, 0.15) is 11.9 Å². The minimum Gasteiger partial charge on any atom is -0.440 e. The van der Waals surface area contributed by atoms with Crippen molar-refractivity contribution in [2.75, 3.05) is 0 Å². The molecule has 0 spiro atoms. The Labute approximate surface area is 153 Å². The predicted molar refractivity (Wildman–Crippen MR) is 87.0 cm³/mol. The molecule has 1 heterocycles. The molecular formula is C19H15F3N2O3. The quantitative estimate of drug-likeness (QED) is 0.721. The number of esters is 1. The fourth-order valence-corrected chi connectivity index (χ4v) is 2.59. The molecule has 3 rings (SSSR count). The number of ether oxygens (including phenoxy) is 2. The lowest BCUT2D eigenvalue weighted by Gasteiger charge is -2.13. The summed E-state index contributed by atoms with van der Waals surface area (Å²) in [4.78, 5) is 16.1. The average molecular weight is 376 g/mol. The van der Waals surface area contributed by atoms with Gasteiger partial charge in [0.15, 0.2) is 11.6 Å². The van der Waals surface area contributed by atoms with E-state index in [-0.39, 0.29) is 22.9 Å². The summed E-state index contributed by atoms with van der Waals surface area (Å²) in [7, 11) is 0. The van der Waals surface area contributed by atoms with Crippen molar-refractivity contribution >= 4 is 5.97 Å². The lowest BCUT2D eigenvalue weighted by atomic mass is 10.1. The van der Waals surface area contributed by atoms with Crippen LogP contribution in [0.1, 0.15) is 32.1 Å². The first-order valence-electron chi connectivity index (χ1n) is 8.11. The third-order valence-corrected chi connectivity index (χ3v) is 4.33. The molecular weight excluding hydrogens is 361 g/mol. The lowest BCUT2D eigenvalue weighted by molar-refractivity contribution is -0.149. The third-order valence-electron chi connectivity index (χ3n) is 4.33. The highest BCUT2D eigenvalue weighted by Gasteiger charge is 2.52. The molecule has 27 heavy (non-hydrogen) atoms. The second kappa shape index (κ2) is 6.91. The zero-order valence-corrected chi connectivity index (χ0v) is 14.5. The van der Waals surface area contributed by atoms with Crippen molar-refractivity contribution in [2.45, 2.75) is 26.4 Å². The van der Waals surface area contributed by atoms with Crippen LogP contribution in [0.25, 0.3) is 0 Å². The van der Waals surface area contributed by atoms with Gasteiger partial charge in [-0.05, 0) is 17.9 Å². The second-order valence-electron chi connectivity index (χ2n) is 6.89. The Balaban J connectivity index is 1.78. The van der Waals surface area contributed by atoms with E-state index in [9.17, 15) is 23.2 Å². The van der Waals surface area contributed by atoms with Crippen LogP contribution in [0.3, 0.4) is 0 Å². The van der Waals surface area contributed by atoms with Gasteiger partial charge in [-0.1, -0.05) is 19.9 Å². The van der Waals surface area contributed by atoms with Gasteiger partial charge in [0.05, 0.1) is 11.6 Å². The molecule has 1 aromatic carbocycles. The van der Waals surface area contributed by atoms with E-state index >= 15 is 0 Å². The number of rotatable bonds is 5. The minimum absolute atomic E-state index is 0.0461. The molecule has 5 nitrogen and oxygen atoms in total. The number of carbonyl (C=O) groups is 1.